The Kier molecular flexibility index (Phi) is 4.13. The van der Waals surface area contributed by atoms with E-state index < -0.39 is 0 Å². The van der Waals surface area contributed by atoms with Crippen LogP contribution >= 0.6 is 0 Å². The van der Waals surface area contributed by atoms with Crippen LogP contribution in [0.4, 0.5) is 0 Å². The van der Waals surface area contributed by atoms with Crippen LogP contribution in [0.25, 0.3) is 0 Å². The molecule has 1 aromatic rings. The summed E-state index contributed by atoms with van der Waals surface area (Å²) in [5.74, 6) is 0.576. The molecule has 2 fully saturated rings. The number of hydrogen-bond acceptors (Lipinski definition) is 3. The van der Waals surface area contributed by atoms with Gasteiger partial charge in [-0.25, -0.2) is 4.98 Å². The van der Waals surface area contributed by atoms with E-state index in [0.717, 1.165) is 12.6 Å². The molecule has 0 amide bonds. The van der Waals surface area contributed by atoms with Gasteiger partial charge in [0.25, 0.3) is 0 Å². The molecule has 2 aliphatic rings. The summed E-state index contributed by atoms with van der Waals surface area (Å²) in [6.07, 6.45) is 10.7. The zero-order valence-electron chi connectivity index (χ0n) is 12.8. The van der Waals surface area contributed by atoms with Gasteiger partial charge in [0.05, 0.1) is 18.1 Å². The van der Waals surface area contributed by atoms with E-state index in [-0.39, 0.29) is 0 Å². The summed E-state index contributed by atoms with van der Waals surface area (Å²) in [7, 11) is 0. The molecule has 1 saturated heterocycles. The van der Waals surface area contributed by atoms with Crippen molar-refractivity contribution in [2.45, 2.75) is 64.1 Å². The second kappa shape index (κ2) is 5.86. The average Bonchev–Trinajstić information content (AvgIpc) is 3.19. The van der Waals surface area contributed by atoms with Gasteiger partial charge in [0.15, 0.2) is 0 Å². The van der Waals surface area contributed by atoms with Crippen molar-refractivity contribution >= 4 is 0 Å². The fourth-order valence-corrected chi connectivity index (χ4v) is 3.72. The van der Waals surface area contributed by atoms with Crippen molar-refractivity contribution in [1.29, 1.82) is 0 Å². The third kappa shape index (κ3) is 2.63. The summed E-state index contributed by atoms with van der Waals surface area (Å²) >= 11 is 0. The van der Waals surface area contributed by atoms with Gasteiger partial charge in [0, 0.05) is 18.3 Å². The van der Waals surface area contributed by atoms with Crippen molar-refractivity contribution in [1.82, 2.24) is 14.5 Å². The lowest BCUT2D eigenvalue weighted by Gasteiger charge is -2.35. The maximum atomic E-state index is 6.12. The number of aromatic nitrogens is 2. The van der Waals surface area contributed by atoms with Gasteiger partial charge in [-0.2, -0.15) is 0 Å². The molecule has 4 heteroatoms. The first-order chi connectivity index (χ1) is 9.72. The van der Waals surface area contributed by atoms with Gasteiger partial charge in [-0.05, 0) is 58.5 Å². The first-order valence-electron chi connectivity index (χ1n) is 8.20. The molecule has 0 radical (unpaired) electrons. The number of rotatable bonds is 4. The molecule has 0 bridgehead atoms. The van der Waals surface area contributed by atoms with Crippen LogP contribution in [0.5, 0.6) is 0 Å². The highest BCUT2D eigenvalue weighted by molar-refractivity contribution is 5.11. The zero-order valence-corrected chi connectivity index (χ0v) is 12.8. The van der Waals surface area contributed by atoms with E-state index in [4.69, 9.17) is 5.73 Å². The van der Waals surface area contributed by atoms with Gasteiger partial charge in [-0.1, -0.05) is 6.42 Å². The van der Waals surface area contributed by atoms with E-state index in [9.17, 15) is 0 Å². The normalized spacial score (nSPS) is 28.8. The smallest absolute Gasteiger partial charge is 0.0951 e. The Hall–Kier alpha value is -0.870. The quantitative estimate of drug-likeness (QED) is 0.920. The Morgan fingerprint density at radius 2 is 2.10 bits per heavy atom. The van der Waals surface area contributed by atoms with Crippen molar-refractivity contribution in [2.75, 3.05) is 13.1 Å². The molecule has 20 heavy (non-hydrogen) atoms. The second-order valence-electron chi connectivity index (χ2n) is 6.72. The number of nitrogens with zero attached hydrogens (tertiary/aromatic N) is 3. The van der Waals surface area contributed by atoms with Crippen LogP contribution in [0, 0.1) is 5.92 Å². The molecule has 1 saturated carbocycles. The third-order valence-corrected chi connectivity index (χ3v) is 4.92. The van der Waals surface area contributed by atoms with Crippen LogP contribution in [0.15, 0.2) is 12.5 Å². The minimum absolute atomic E-state index is 0.468. The second-order valence-corrected chi connectivity index (χ2v) is 6.72. The number of imidazole rings is 1. The van der Waals surface area contributed by atoms with Gasteiger partial charge in [0.1, 0.15) is 0 Å². The molecule has 3 rings (SSSR count). The van der Waals surface area contributed by atoms with E-state index in [2.05, 4.69) is 34.5 Å². The zero-order chi connectivity index (χ0) is 14.1. The van der Waals surface area contributed by atoms with Gasteiger partial charge < -0.3 is 10.3 Å². The molecule has 1 aromatic heterocycles. The fourth-order valence-electron chi connectivity index (χ4n) is 3.72. The molecule has 0 aromatic carbocycles. The van der Waals surface area contributed by atoms with Gasteiger partial charge in [-0.3, -0.25) is 4.90 Å². The largest absolute Gasteiger partial charge is 0.331 e. The molecule has 2 heterocycles. The number of hydrogen-bond donors (Lipinski definition) is 1. The molecular formula is C16H28N4. The van der Waals surface area contributed by atoms with Gasteiger partial charge in [-0.15, -0.1) is 0 Å². The Morgan fingerprint density at radius 3 is 2.75 bits per heavy atom. The van der Waals surface area contributed by atoms with E-state index in [0.29, 0.717) is 18.0 Å². The van der Waals surface area contributed by atoms with E-state index in [1.165, 1.54) is 44.3 Å². The third-order valence-electron chi connectivity index (χ3n) is 4.92. The highest BCUT2D eigenvalue weighted by Crippen LogP contribution is 2.42. The molecule has 1 aliphatic heterocycles. The fraction of sp³-hybridized carbons (Fsp3) is 0.812. The Labute approximate surface area is 122 Å². The van der Waals surface area contributed by atoms with Crippen LogP contribution in [-0.4, -0.2) is 33.6 Å². The maximum Gasteiger partial charge on any atom is 0.0951 e. The number of nitrogens with two attached hydrogens (primary N) is 1. The molecule has 4 nitrogen and oxygen atoms in total. The van der Waals surface area contributed by atoms with Crippen LogP contribution in [0.2, 0.25) is 0 Å². The standard InChI is InChI=1S/C16H28N4/c1-12(2)20-11-18-10-15(20)16-13(9-17)5-3-4-8-19(16)14-6-7-14/h10-14,16H,3-9,17H2,1-2H3. The van der Waals surface area contributed by atoms with Crippen molar-refractivity contribution in [3.05, 3.63) is 18.2 Å². The summed E-state index contributed by atoms with van der Waals surface area (Å²) < 4.78 is 2.34. The Morgan fingerprint density at radius 1 is 1.30 bits per heavy atom. The summed E-state index contributed by atoms with van der Waals surface area (Å²) in [4.78, 5) is 7.16. The Balaban J connectivity index is 1.96. The van der Waals surface area contributed by atoms with Gasteiger partial charge in [0.2, 0.25) is 0 Å². The highest BCUT2D eigenvalue weighted by Gasteiger charge is 2.40. The number of likely N-dealkylation sites (tertiary alicyclic amines) is 1. The topological polar surface area (TPSA) is 47.1 Å². The first kappa shape index (κ1) is 14.1. The molecular weight excluding hydrogens is 248 g/mol. The lowest BCUT2D eigenvalue weighted by atomic mass is 9.92. The van der Waals surface area contributed by atoms with Gasteiger partial charge >= 0.3 is 0 Å². The highest BCUT2D eigenvalue weighted by atomic mass is 15.2. The lowest BCUT2D eigenvalue weighted by Crippen LogP contribution is -2.38. The summed E-state index contributed by atoms with van der Waals surface area (Å²) in [6.45, 7) is 6.49. The van der Waals surface area contributed by atoms with E-state index >= 15 is 0 Å². The predicted molar refractivity (Wildman–Crippen MR) is 81.5 cm³/mol. The minimum Gasteiger partial charge on any atom is -0.331 e. The Bertz CT molecular complexity index is 435. The molecule has 112 valence electrons. The van der Waals surface area contributed by atoms with Crippen molar-refractivity contribution in [3.63, 3.8) is 0 Å². The van der Waals surface area contributed by atoms with Crippen molar-refractivity contribution in [3.8, 4) is 0 Å². The summed E-state index contributed by atoms with van der Waals surface area (Å²) in [6, 6.07) is 1.73. The molecule has 2 N–H and O–H groups in total. The first-order valence-corrected chi connectivity index (χ1v) is 8.20. The maximum absolute atomic E-state index is 6.12. The van der Waals surface area contributed by atoms with Crippen LogP contribution < -0.4 is 5.73 Å². The summed E-state index contributed by atoms with van der Waals surface area (Å²) in [5, 5.41) is 0. The van der Waals surface area contributed by atoms with E-state index in [1.54, 1.807) is 0 Å². The molecule has 2 atom stereocenters. The van der Waals surface area contributed by atoms with Crippen LogP contribution in [0.1, 0.15) is 63.7 Å². The minimum atomic E-state index is 0.468. The average molecular weight is 276 g/mol. The molecule has 0 spiro atoms. The van der Waals surface area contributed by atoms with Crippen molar-refractivity contribution in [2.24, 2.45) is 11.7 Å². The van der Waals surface area contributed by atoms with Crippen LogP contribution in [-0.2, 0) is 0 Å². The van der Waals surface area contributed by atoms with Crippen molar-refractivity contribution < 1.29 is 0 Å². The lowest BCUT2D eigenvalue weighted by molar-refractivity contribution is 0.141. The summed E-state index contributed by atoms with van der Waals surface area (Å²) in [5.41, 5.74) is 7.50. The van der Waals surface area contributed by atoms with Crippen LogP contribution in [0.3, 0.4) is 0 Å². The monoisotopic (exact) mass is 276 g/mol. The molecule has 1 aliphatic carbocycles. The SMILES string of the molecule is CC(C)n1cncc1C1C(CN)CCCCN1C1CC1. The molecule has 2 unspecified atom stereocenters. The van der Waals surface area contributed by atoms with E-state index in [1.807, 2.05) is 6.33 Å². The predicted octanol–water partition coefficient (Wildman–Crippen LogP) is 2.73.